The van der Waals surface area contributed by atoms with E-state index in [1.807, 2.05) is 13.8 Å². The van der Waals surface area contributed by atoms with Crippen molar-refractivity contribution in [3.05, 3.63) is 32.6 Å². The van der Waals surface area contributed by atoms with E-state index in [1.54, 1.807) is 4.98 Å². The Labute approximate surface area is 146 Å². The Balaban J connectivity index is 2.21. The summed E-state index contributed by atoms with van der Waals surface area (Å²) in [6.07, 6.45) is -7.06. The molecule has 2 heterocycles. The molecule has 1 fully saturated rings. The minimum Gasteiger partial charge on any atom is -0.394 e. The first-order valence-corrected chi connectivity index (χ1v) is 7.92. The maximum Gasteiger partial charge on any atom is 0.423 e. The molecule has 1 saturated heterocycles. The SMILES string of the molecule is CC(C)C#CCO[C@H]1C[C@H](n2cc(C(F)(F)F)c(=O)[nH]c2=O)O[C@@H]1CO. The molecular weight excluding hydrogens is 357 g/mol. The molecule has 3 atom stereocenters. The van der Waals surface area contributed by atoms with E-state index in [9.17, 15) is 27.9 Å². The summed E-state index contributed by atoms with van der Waals surface area (Å²) in [5, 5.41) is 9.38. The summed E-state index contributed by atoms with van der Waals surface area (Å²) in [6.45, 7) is 3.42. The number of aromatic nitrogens is 2. The number of ether oxygens (including phenoxy) is 2. The number of nitrogens with one attached hydrogen (secondary N) is 1. The molecule has 2 N–H and O–H groups in total. The highest BCUT2D eigenvalue weighted by molar-refractivity contribution is 5.09. The Kier molecular flexibility index (Phi) is 6.28. The van der Waals surface area contributed by atoms with Crippen molar-refractivity contribution >= 4 is 0 Å². The molecule has 2 rings (SSSR count). The van der Waals surface area contributed by atoms with E-state index in [-0.39, 0.29) is 18.9 Å². The molecule has 144 valence electrons. The number of aliphatic hydroxyl groups is 1. The van der Waals surface area contributed by atoms with Gasteiger partial charge in [0.15, 0.2) is 0 Å². The van der Waals surface area contributed by atoms with Gasteiger partial charge in [-0.2, -0.15) is 13.2 Å². The molecule has 1 aromatic heterocycles. The van der Waals surface area contributed by atoms with E-state index < -0.39 is 48.0 Å². The van der Waals surface area contributed by atoms with E-state index in [2.05, 4.69) is 11.8 Å². The lowest BCUT2D eigenvalue weighted by molar-refractivity contribution is -0.139. The van der Waals surface area contributed by atoms with Gasteiger partial charge in [-0.3, -0.25) is 14.3 Å². The Morgan fingerprint density at radius 2 is 2.15 bits per heavy atom. The lowest BCUT2D eigenvalue weighted by Crippen LogP contribution is -2.36. The van der Waals surface area contributed by atoms with Crippen LogP contribution in [0.1, 0.15) is 32.1 Å². The van der Waals surface area contributed by atoms with Crippen molar-refractivity contribution in [2.24, 2.45) is 5.92 Å². The van der Waals surface area contributed by atoms with Crippen LogP contribution in [-0.2, 0) is 15.7 Å². The van der Waals surface area contributed by atoms with Crippen molar-refractivity contribution in [3.63, 3.8) is 0 Å². The van der Waals surface area contributed by atoms with E-state index in [1.165, 1.54) is 0 Å². The van der Waals surface area contributed by atoms with Gasteiger partial charge in [0.1, 0.15) is 24.5 Å². The summed E-state index contributed by atoms with van der Waals surface area (Å²) in [5.41, 5.74) is -4.06. The maximum atomic E-state index is 12.9. The predicted molar refractivity (Wildman–Crippen MR) is 84.3 cm³/mol. The van der Waals surface area contributed by atoms with E-state index in [0.29, 0.717) is 10.8 Å². The molecule has 0 amide bonds. The summed E-state index contributed by atoms with van der Waals surface area (Å²) in [6, 6.07) is 0. The standard InChI is InChI=1S/C16H19F3N2O5/c1-9(2)4-3-5-25-11-6-13(26-12(11)8-22)21-7-10(16(17,18)19)14(23)20-15(21)24/h7,9,11-13,22H,5-6,8H2,1-2H3,(H,20,23,24)/t11-,12+,13+/m0/s1. The highest BCUT2D eigenvalue weighted by Crippen LogP contribution is 2.31. The Morgan fingerprint density at radius 3 is 2.73 bits per heavy atom. The van der Waals surface area contributed by atoms with Crippen LogP contribution >= 0.6 is 0 Å². The molecule has 0 unspecified atom stereocenters. The smallest absolute Gasteiger partial charge is 0.394 e. The lowest BCUT2D eigenvalue weighted by atomic mass is 10.2. The summed E-state index contributed by atoms with van der Waals surface area (Å²) in [7, 11) is 0. The van der Waals surface area contributed by atoms with Gasteiger partial charge in [-0.05, 0) is 0 Å². The van der Waals surface area contributed by atoms with Crippen LogP contribution in [0.15, 0.2) is 15.8 Å². The fraction of sp³-hybridized carbons (Fsp3) is 0.625. The number of aliphatic hydroxyl groups excluding tert-OH is 1. The molecule has 1 aromatic rings. The van der Waals surface area contributed by atoms with Crippen LogP contribution < -0.4 is 11.2 Å². The summed E-state index contributed by atoms with van der Waals surface area (Å²) >= 11 is 0. The van der Waals surface area contributed by atoms with Gasteiger partial charge >= 0.3 is 11.9 Å². The van der Waals surface area contributed by atoms with Crippen LogP contribution in [0, 0.1) is 17.8 Å². The third-order valence-electron chi connectivity index (χ3n) is 3.70. The zero-order chi connectivity index (χ0) is 19.5. The number of halogens is 3. The second-order valence-corrected chi connectivity index (χ2v) is 6.08. The Bertz CT molecular complexity index is 803. The van der Waals surface area contributed by atoms with Crippen molar-refractivity contribution in [2.75, 3.05) is 13.2 Å². The zero-order valence-electron chi connectivity index (χ0n) is 14.2. The molecule has 7 nitrogen and oxygen atoms in total. The van der Waals surface area contributed by atoms with Crippen LogP contribution in [0.2, 0.25) is 0 Å². The monoisotopic (exact) mass is 376 g/mol. The largest absolute Gasteiger partial charge is 0.423 e. The zero-order valence-corrected chi connectivity index (χ0v) is 14.2. The second-order valence-electron chi connectivity index (χ2n) is 6.08. The molecule has 26 heavy (non-hydrogen) atoms. The molecule has 0 aromatic carbocycles. The molecule has 0 bridgehead atoms. The number of hydrogen-bond acceptors (Lipinski definition) is 5. The van der Waals surface area contributed by atoms with Gasteiger partial charge in [0.25, 0.3) is 5.56 Å². The van der Waals surface area contributed by atoms with E-state index in [0.717, 1.165) is 0 Å². The number of hydrogen-bond donors (Lipinski definition) is 2. The van der Waals surface area contributed by atoms with Crippen LogP contribution in [-0.4, -0.2) is 40.1 Å². The number of aromatic amines is 1. The van der Waals surface area contributed by atoms with Crippen molar-refractivity contribution in [1.29, 1.82) is 0 Å². The molecular formula is C16H19F3N2O5. The third-order valence-corrected chi connectivity index (χ3v) is 3.70. The number of H-pyrrole nitrogens is 1. The van der Waals surface area contributed by atoms with E-state index >= 15 is 0 Å². The Hall–Kier alpha value is -2.09. The normalized spacial score (nSPS) is 23.1. The van der Waals surface area contributed by atoms with Crippen LogP contribution in [0.5, 0.6) is 0 Å². The van der Waals surface area contributed by atoms with Crippen LogP contribution in [0.3, 0.4) is 0 Å². The van der Waals surface area contributed by atoms with Gasteiger partial charge in [-0.1, -0.05) is 25.7 Å². The Morgan fingerprint density at radius 1 is 1.46 bits per heavy atom. The maximum absolute atomic E-state index is 12.9. The number of nitrogens with zero attached hydrogens (tertiary/aromatic N) is 1. The van der Waals surface area contributed by atoms with Gasteiger partial charge in [-0.25, -0.2) is 4.79 Å². The van der Waals surface area contributed by atoms with E-state index in [4.69, 9.17) is 9.47 Å². The van der Waals surface area contributed by atoms with Crippen molar-refractivity contribution in [2.45, 2.75) is 44.9 Å². The van der Waals surface area contributed by atoms with Crippen molar-refractivity contribution in [1.82, 2.24) is 9.55 Å². The molecule has 0 aliphatic carbocycles. The number of rotatable bonds is 4. The molecule has 10 heteroatoms. The minimum absolute atomic E-state index is 0.0256. The predicted octanol–water partition coefficient (Wildman–Crippen LogP) is 0.880. The summed E-state index contributed by atoms with van der Waals surface area (Å²) < 4.78 is 50.2. The quantitative estimate of drug-likeness (QED) is 0.761. The van der Waals surface area contributed by atoms with Gasteiger partial charge in [0.2, 0.25) is 0 Å². The fourth-order valence-corrected chi connectivity index (χ4v) is 2.51. The first kappa shape index (κ1) is 20.2. The first-order valence-electron chi connectivity index (χ1n) is 7.92. The number of alkyl halides is 3. The second kappa shape index (κ2) is 8.07. The molecule has 0 radical (unpaired) electrons. The summed E-state index contributed by atoms with van der Waals surface area (Å²) in [4.78, 5) is 24.9. The fourth-order valence-electron chi connectivity index (χ4n) is 2.51. The summed E-state index contributed by atoms with van der Waals surface area (Å²) in [5.74, 6) is 5.82. The molecule has 1 aliphatic rings. The molecule has 1 aliphatic heterocycles. The highest BCUT2D eigenvalue weighted by atomic mass is 19.4. The van der Waals surface area contributed by atoms with Crippen LogP contribution in [0.4, 0.5) is 13.2 Å². The molecule has 0 spiro atoms. The van der Waals surface area contributed by atoms with Crippen LogP contribution in [0.25, 0.3) is 0 Å². The average Bonchev–Trinajstić information content (AvgIpc) is 2.93. The van der Waals surface area contributed by atoms with Crippen molar-refractivity contribution < 1.29 is 27.8 Å². The van der Waals surface area contributed by atoms with Gasteiger partial charge in [0.05, 0.1) is 12.7 Å². The minimum atomic E-state index is -4.92. The first-order chi connectivity index (χ1) is 12.1. The van der Waals surface area contributed by atoms with Gasteiger partial charge < -0.3 is 14.6 Å². The van der Waals surface area contributed by atoms with Gasteiger partial charge in [-0.15, -0.1) is 0 Å². The average molecular weight is 376 g/mol. The van der Waals surface area contributed by atoms with Gasteiger partial charge in [0, 0.05) is 18.5 Å². The highest BCUT2D eigenvalue weighted by Gasteiger charge is 2.39. The topological polar surface area (TPSA) is 93.6 Å². The molecule has 0 saturated carbocycles. The lowest BCUT2D eigenvalue weighted by Gasteiger charge is -2.16. The third kappa shape index (κ3) is 4.75. The van der Waals surface area contributed by atoms with Crippen molar-refractivity contribution in [3.8, 4) is 11.8 Å².